The van der Waals surface area contributed by atoms with Gasteiger partial charge in [0.15, 0.2) is 0 Å². The standard InChI is InChI=1S/C23H21F3N4O2S2/c1-32-21(31)20-18-14(10-34-20)13(9-16(28-18)23(24,25)26)19-12-6-3-2-5-11(12)17(29-22(27)33)15-7-4-8-30(15)19/h2-7,9-10,15,17,19,22,29,33H,8,27H2,1H3. The van der Waals surface area contributed by atoms with Crippen LogP contribution >= 0.6 is 24.0 Å². The van der Waals surface area contributed by atoms with Gasteiger partial charge in [0.2, 0.25) is 0 Å². The van der Waals surface area contributed by atoms with Gasteiger partial charge in [0.05, 0.1) is 24.7 Å². The number of methoxy groups -OCH3 is 1. The summed E-state index contributed by atoms with van der Waals surface area (Å²) in [7, 11) is 1.19. The fourth-order valence-electron chi connectivity index (χ4n) is 4.91. The number of fused-ring (bicyclic) bond motifs is 3. The highest BCUT2D eigenvalue weighted by Gasteiger charge is 2.44. The molecule has 34 heavy (non-hydrogen) atoms. The summed E-state index contributed by atoms with van der Waals surface area (Å²) in [5.41, 5.74) is 6.55. The molecule has 4 heterocycles. The van der Waals surface area contributed by atoms with Crippen molar-refractivity contribution < 1.29 is 22.7 Å². The molecule has 2 aliphatic rings. The van der Waals surface area contributed by atoms with Gasteiger partial charge in [-0.1, -0.05) is 36.4 Å². The number of rotatable bonds is 4. The zero-order valence-electron chi connectivity index (χ0n) is 17.9. The van der Waals surface area contributed by atoms with E-state index in [0.717, 1.165) is 28.5 Å². The third-order valence-electron chi connectivity index (χ3n) is 6.24. The van der Waals surface area contributed by atoms with Gasteiger partial charge in [-0.15, -0.1) is 24.0 Å². The topological polar surface area (TPSA) is 80.5 Å². The van der Waals surface area contributed by atoms with E-state index >= 15 is 0 Å². The van der Waals surface area contributed by atoms with Crippen LogP contribution in [0.3, 0.4) is 0 Å². The molecule has 1 aromatic carbocycles. The fourth-order valence-corrected chi connectivity index (χ4v) is 6.00. The summed E-state index contributed by atoms with van der Waals surface area (Å²) < 4.78 is 46.6. The van der Waals surface area contributed by atoms with Crippen molar-refractivity contribution in [3.8, 4) is 0 Å². The molecule has 0 amide bonds. The molecule has 0 radical (unpaired) electrons. The second-order valence-electron chi connectivity index (χ2n) is 8.15. The number of nitrogens with one attached hydrogen (secondary N) is 1. The summed E-state index contributed by atoms with van der Waals surface area (Å²) in [6, 6.07) is 7.91. The number of nitrogens with zero attached hydrogens (tertiary/aromatic N) is 2. The zero-order valence-corrected chi connectivity index (χ0v) is 19.6. The quantitative estimate of drug-likeness (QED) is 0.213. The van der Waals surface area contributed by atoms with Gasteiger partial charge >= 0.3 is 12.1 Å². The van der Waals surface area contributed by atoms with Gasteiger partial charge in [-0.25, -0.2) is 9.78 Å². The first-order valence-electron chi connectivity index (χ1n) is 10.5. The molecule has 6 nitrogen and oxygen atoms in total. The van der Waals surface area contributed by atoms with Crippen molar-refractivity contribution in [3.05, 3.63) is 75.1 Å². The molecular weight excluding hydrogens is 485 g/mol. The normalized spacial score (nSPS) is 23.1. The van der Waals surface area contributed by atoms with E-state index in [-0.39, 0.29) is 22.5 Å². The Labute approximate surface area is 203 Å². The molecule has 2 aliphatic heterocycles. The van der Waals surface area contributed by atoms with Crippen molar-refractivity contribution in [1.82, 2.24) is 15.2 Å². The van der Waals surface area contributed by atoms with Crippen LogP contribution in [0, 0.1) is 0 Å². The predicted molar refractivity (Wildman–Crippen MR) is 127 cm³/mol. The number of pyridine rings is 1. The maximum atomic E-state index is 13.9. The lowest BCUT2D eigenvalue weighted by molar-refractivity contribution is -0.141. The van der Waals surface area contributed by atoms with Crippen molar-refractivity contribution in [1.29, 1.82) is 0 Å². The molecule has 4 atom stereocenters. The van der Waals surface area contributed by atoms with Crippen LogP contribution in [0.15, 0.2) is 47.9 Å². The highest BCUT2D eigenvalue weighted by atomic mass is 32.1. The second kappa shape index (κ2) is 8.65. The number of carbonyl (C=O) groups excluding carboxylic acids is 1. The van der Waals surface area contributed by atoms with Gasteiger partial charge in [0.1, 0.15) is 16.1 Å². The smallest absolute Gasteiger partial charge is 0.433 e. The Morgan fingerprint density at radius 1 is 1.32 bits per heavy atom. The van der Waals surface area contributed by atoms with E-state index in [4.69, 9.17) is 10.5 Å². The number of hydrogen-bond acceptors (Lipinski definition) is 8. The summed E-state index contributed by atoms with van der Waals surface area (Å²) in [5.74, 6) is -0.713. The molecule has 4 unspecified atom stereocenters. The molecular formula is C23H21F3N4O2S2. The van der Waals surface area contributed by atoms with Crippen molar-refractivity contribution in [2.24, 2.45) is 5.73 Å². The fraction of sp³-hybridized carbons (Fsp3) is 0.304. The van der Waals surface area contributed by atoms with Gasteiger partial charge in [-0.2, -0.15) is 13.2 Å². The van der Waals surface area contributed by atoms with Crippen LogP contribution in [0.25, 0.3) is 10.9 Å². The van der Waals surface area contributed by atoms with Gasteiger partial charge in [-0.05, 0) is 22.8 Å². The number of alkyl halides is 3. The highest BCUT2D eigenvalue weighted by molar-refractivity contribution is 7.80. The van der Waals surface area contributed by atoms with Crippen LogP contribution < -0.4 is 11.1 Å². The zero-order chi connectivity index (χ0) is 24.2. The minimum atomic E-state index is -4.68. The maximum Gasteiger partial charge on any atom is 0.433 e. The minimum absolute atomic E-state index is 0.000455. The largest absolute Gasteiger partial charge is 0.465 e. The Balaban J connectivity index is 1.77. The summed E-state index contributed by atoms with van der Waals surface area (Å²) in [6.07, 6.45) is -0.649. The minimum Gasteiger partial charge on any atom is -0.465 e. The van der Waals surface area contributed by atoms with E-state index in [0.29, 0.717) is 17.5 Å². The van der Waals surface area contributed by atoms with Gasteiger partial charge in [0, 0.05) is 23.4 Å². The number of ether oxygens (including phenoxy) is 1. The van der Waals surface area contributed by atoms with E-state index in [2.05, 4.69) is 27.8 Å². The molecule has 3 N–H and O–H groups in total. The Morgan fingerprint density at radius 3 is 2.74 bits per heavy atom. The third-order valence-corrected chi connectivity index (χ3v) is 7.34. The maximum absolute atomic E-state index is 13.9. The first-order chi connectivity index (χ1) is 16.2. The Bertz CT molecular complexity index is 1290. The first kappa shape index (κ1) is 23.3. The monoisotopic (exact) mass is 506 g/mol. The van der Waals surface area contributed by atoms with E-state index in [9.17, 15) is 18.0 Å². The number of hydrogen-bond donors (Lipinski definition) is 3. The van der Waals surface area contributed by atoms with E-state index < -0.39 is 29.4 Å². The Hall–Kier alpha value is -2.44. The van der Waals surface area contributed by atoms with Crippen molar-refractivity contribution in [3.63, 3.8) is 0 Å². The number of carbonyl (C=O) groups is 1. The number of halogens is 3. The lowest BCUT2D eigenvalue weighted by Gasteiger charge is -2.45. The molecule has 2 aromatic heterocycles. The number of thiophene rings is 1. The summed E-state index contributed by atoms with van der Waals surface area (Å²) >= 11 is 5.33. The van der Waals surface area contributed by atoms with E-state index in [1.807, 2.05) is 36.4 Å². The van der Waals surface area contributed by atoms with Crippen molar-refractivity contribution in [2.45, 2.75) is 29.8 Å². The van der Waals surface area contributed by atoms with Crippen molar-refractivity contribution in [2.75, 3.05) is 13.7 Å². The molecule has 178 valence electrons. The van der Waals surface area contributed by atoms with Crippen LogP contribution in [0.5, 0.6) is 0 Å². The van der Waals surface area contributed by atoms with Crippen molar-refractivity contribution >= 4 is 40.8 Å². The van der Waals surface area contributed by atoms with Gasteiger partial charge < -0.3 is 10.5 Å². The highest BCUT2D eigenvalue weighted by Crippen LogP contribution is 2.47. The van der Waals surface area contributed by atoms with Crippen LogP contribution in [0.1, 0.15) is 44.1 Å². The van der Waals surface area contributed by atoms with Crippen LogP contribution in [0.2, 0.25) is 0 Å². The lowest BCUT2D eigenvalue weighted by Crippen LogP contribution is -2.50. The molecule has 5 rings (SSSR count). The Morgan fingerprint density at radius 2 is 2.06 bits per heavy atom. The Kier molecular flexibility index (Phi) is 5.93. The molecule has 0 spiro atoms. The molecule has 3 aromatic rings. The molecule has 0 fully saturated rings. The first-order valence-corrected chi connectivity index (χ1v) is 11.9. The molecule has 0 saturated carbocycles. The number of nitrogens with two attached hydrogens (primary N) is 1. The van der Waals surface area contributed by atoms with E-state index in [1.54, 1.807) is 5.38 Å². The number of aromatic nitrogens is 1. The molecule has 0 aliphatic carbocycles. The molecule has 0 saturated heterocycles. The number of benzene rings is 1. The number of esters is 1. The van der Waals surface area contributed by atoms with Gasteiger partial charge in [-0.3, -0.25) is 10.2 Å². The third kappa shape index (κ3) is 3.81. The van der Waals surface area contributed by atoms with Crippen LogP contribution in [0.4, 0.5) is 13.2 Å². The SMILES string of the molecule is COC(=O)c1scc2c(C3c4ccccc4C(NC(N)S)C4C=CCN34)cc(C(F)(F)F)nc12. The van der Waals surface area contributed by atoms with Gasteiger partial charge in [0.25, 0.3) is 0 Å². The summed E-state index contributed by atoms with van der Waals surface area (Å²) in [5, 5.41) is 5.46. The summed E-state index contributed by atoms with van der Waals surface area (Å²) in [4.78, 5) is 18.3. The number of thiol groups is 1. The van der Waals surface area contributed by atoms with E-state index in [1.165, 1.54) is 7.11 Å². The average Bonchev–Trinajstić information content (AvgIpc) is 3.44. The second-order valence-corrected chi connectivity index (χ2v) is 9.59. The predicted octanol–water partition coefficient (Wildman–Crippen LogP) is 4.25. The molecule has 11 heteroatoms. The van der Waals surface area contributed by atoms with Crippen LogP contribution in [-0.2, 0) is 10.9 Å². The molecule has 0 bridgehead atoms. The summed E-state index contributed by atoms with van der Waals surface area (Å²) in [6.45, 7) is 0.544. The lowest BCUT2D eigenvalue weighted by atomic mass is 9.81. The average molecular weight is 507 g/mol. The van der Waals surface area contributed by atoms with Crippen LogP contribution in [-0.4, -0.2) is 41.0 Å².